The molecule has 0 unspecified atom stereocenters. The van der Waals surface area contributed by atoms with E-state index in [-0.39, 0.29) is 5.56 Å². The first-order valence-electron chi connectivity index (χ1n) is 8.12. The van der Waals surface area contributed by atoms with Crippen molar-refractivity contribution in [1.82, 2.24) is 15.0 Å². The number of thiophene rings is 1. The number of hydrogen-bond acceptors (Lipinski definition) is 7. The van der Waals surface area contributed by atoms with Gasteiger partial charge in [0.1, 0.15) is 27.5 Å². The normalized spacial score (nSPS) is 11.0. The number of aromatic nitrogens is 3. The molecule has 0 saturated heterocycles. The molecule has 27 heavy (non-hydrogen) atoms. The van der Waals surface area contributed by atoms with Crippen LogP contribution < -0.4 is 5.56 Å². The van der Waals surface area contributed by atoms with E-state index in [2.05, 4.69) is 21.0 Å². The van der Waals surface area contributed by atoms with Gasteiger partial charge >= 0.3 is 0 Å². The second-order valence-corrected chi connectivity index (χ2v) is 7.80. The summed E-state index contributed by atoms with van der Waals surface area (Å²) in [5.74, 6) is 1.62. The summed E-state index contributed by atoms with van der Waals surface area (Å²) in [7, 11) is 0. The minimum atomic E-state index is -0.197. The Bertz CT molecular complexity index is 1230. The Morgan fingerprint density at radius 2 is 2.22 bits per heavy atom. The van der Waals surface area contributed by atoms with Crippen molar-refractivity contribution in [1.29, 1.82) is 5.26 Å². The Hall–Kier alpha value is -2.89. The predicted molar refractivity (Wildman–Crippen MR) is 106 cm³/mol. The van der Waals surface area contributed by atoms with Crippen LogP contribution >= 0.6 is 23.1 Å². The highest BCUT2D eigenvalue weighted by molar-refractivity contribution is 7.98. The van der Waals surface area contributed by atoms with Crippen molar-refractivity contribution >= 4 is 33.3 Å². The predicted octanol–water partition coefficient (Wildman–Crippen LogP) is 4.42. The standard InChI is InChI=1S/C19H14N4O2S2/c1-10-6-11(2)21-18(12(10)7-20)27-9-15-22-17(24)16-13(8-26-19(16)23-15)14-4-3-5-25-14/h3-6,8H,9H2,1-2H3,(H,22,23,24). The van der Waals surface area contributed by atoms with E-state index in [1.165, 1.54) is 23.1 Å². The maximum absolute atomic E-state index is 12.6. The van der Waals surface area contributed by atoms with Gasteiger partial charge in [0.2, 0.25) is 0 Å². The van der Waals surface area contributed by atoms with E-state index in [0.29, 0.717) is 38.1 Å². The van der Waals surface area contributed by atoms with E-state index >= 15 is 0 Å². The molecule has 4 aromatic rings. The molecule has 0 saturated carbocycles. The minimum Gasteiger partial charge on any atom is -0.464 e. The zero-order valence-electron chi connectivity index (χ0n) is 14.6. The Morgan fingerprint density at radius 3 is 2.96 bits per heavy atom. The topological polar surface area (TPSA) is 95.6 Å². The summed E-state index contributed by atoms with van der Waals surface area (Å²) in [6.07, 6.45) is 1.58. The first kappa shape index (κ1) is 17.5. The van der Waals surface area contributed by atoms with Crippen molar-refractivity contribution in [3.63, 3.8) is 0 Å². The lowest BCUT2D eigenvalue weighted by atomic mass is 10.1. The second kappa shape index (κ2) is 7.02. The van der Waals surface area contributed by atoms with Gasteiger partial charge in [-0.2, -0.15) is 5.26 Å². The lowest BCUT2D eigenvalue weighted by Crippen LogP contribution is -2.10. The molecule has 0 spiro atoms. The molecule has 134 valence electrons. The molecule has 0 aliphatic heterocycles. The molecule has 8 heteroatoms. The molecule has 0 aromatic carbocycles. The number of aromatic amines is 1. The SMILES string of the molecule is Cc1cc(C)c(C#N)c(SCc2nc3scc(-c4ccco4)c3c(=O)[nH]2)n1. The number of aryl methyl sites for hydroxylation is 2. The third kappa shape index (κ3) is 3.27. The second-order valence-electron chi connectivity index (χ2n) is 5.98. The van der Waals surface area contributed by atoms with E-state index in [1.807, 2.05) is 31.4 Å². The van der Waals surface area contributed by atoms with Gasteiger partial charge in [0, 0.05) is 16.6 Å². The quantitative estimate of drug-likeness (QED) is 0.515. The fraction of sp³-hybridized carbons (Fsp3) is 0.158. The number of nitrogens with one attached hydrogen (secondary N) is 1. The van der Waals surface area contributed by atoms with Gasteiger partial charge in [0.15, 0.2) is 0 Å². The Balaban J connectivity index is 1.67. The van der Waals surface area contributed by atoms with Crippen molar-refractivity contribution in [3.8, 4) is 17.4 Å². The molecule has 4 rings (SSSR count). The van der Waals surface area contributed by atoms with E-state index in [4.69, 9.17) is 4.42 Å². The number of H-pyrrole nitrogens is 1. The molecule has 0 aliphatic carbocycles. The fourth-order valence-electron chi connectivity index (χ4n) is 2.85. The number of fused-ring (bicyclic) bond motifs is 1. The van der Waals surface area contributed by atoms with Crippen LogP contribution in [-0.2, 0) is 5.75 Å². The van der Waals surface area contributed by atoms with Crippen LogP contribution in [0.25, 0.3) is 21.5 Å². The summed E-state index contributed by atoms with van der Waals surface area (Å²) in [4.78, 5) is 25.1. The Labute approximate surface area is 162 Å². The van der Waals surface area contributed by atoms with Crippen molar-refractivity contribution in [2.75, 3.05) is 0 Å². The average molecular weight is 394 g/mol. The summed E-state index contributed by atoms with van der Waals surface area (Å²) in [5, 5.41) is 12.4. The van der Waals surface area contributed by atoms with Crippen LogP contribution in [-0.4, -0.2) is 15.0 Å². The van der Waals surface area contributed by atoms with Crippen molar-refractivity contribution in [2.24, 2.45) is 0 Å². The molecule has 6 nitrogen and oxygen atoms in total. The van der Waals surface area contributed by atoms with Crippen molar-refractivity contribution in [3.05, 3.63) is 62.8 Å². The van der Waals surface area contributed by atoms with Crippen LogP contribution in [0.2, 0.25) is 0 Å². The van der Waals surface area contributed by atoms with Gasteiger partial charge in [0.25, 0.3) is 5.56 Å². The van der Waals surface area contributed by atoms with Gasteiger partial charge in [-0.15, -0.1) is 11.3 Å². The van der Waals surface area contributed by atoms with Crippen LogP contribution in [0.1, 0.15) is 22.6 Å². The van der Waals surface area contributed by atoms with Crippen LogP contribution in [0.3, 0.4) is 0 Å². The third-order valence-corrected chi connectivity index (χ3v) is 5.91. The first-order chi connectivity index (χ1) is 13.1. The lowest BCUT2D eigenvalue weighted by molar-refractivity contribution is 0.583. The highest BCUT2D eigenvalue weighted by Gasteiger charge is 2.15. The lowest BCUT2D eigenvalue weighted by Gasteiger charge is -2.07. The van der Waals surface area contributed by atoms with Crippen molar-refractivity contribution < 1.29 is 4.42 Å². The summed E-state index contributed by atoms with van der Waals surface area (Å²) in [6.45, 7) is 3.79. The number of pyridine rings is 1. The zero-order valence-corrected chi connectivity index (χ0v) is 16.2. The Kier molecular flexibility index (Phi) is 4.56. The highest BCUT2D eigenvalue weighted by atomic mass is 32.2. The highest BCUT2D eigenvalue weighted by Crippen LogP contribution is 2.32. The van der Waals surface area contributed by atoms with E-state index < -0.39 is 0 Å². The minimum absolute atomic E-state index is 0.197. The van der Waals surface area contributed by atoms with Gasteiger partial charge < -0.3 is 9.40 Å². The van der Waals surface area contributed by atoms with Gasteiger partial charge in [0.05, 0.1) is 23.0 Å². The maximum atomic E-state index is 12.6. The summed E-state index contributed by atoms with van der Waals surface area (Å²) >= 11 is 2.80. The average Bonchev–Trinajstić information content (AvgIpc) is 3.29. The molecular weight excluding hydrogens is 380 g/mol. The summed E-state index contributed by atoms with van der Waals surface area (Å²) in [5.41, 5.74) is 2.86. The molecular formula is C19H14N4O2S2. The van der Waals surface area contributed by atoms with E-state index in [1.54, 1.807) is 12.3 Å². The molecule has 4 heterocycles. The number of thioether (sulfide) groups is 1. The van der Waals surface area contributed by atoms with Gasteiger partial charge in [-0.1, -0.05) is 11.8 Å². The van der Waals surface area contributed by atoms with Crippen LogP contribution in [0, 0.1) is 25.2 Å². The molecule has 0 bridgehead atoms. The van der Waals surface area contributed by atoms with Crippen LogP contribution in [0.15, 0.2) is 44.1 Å². The van der Waals surface area contributed by atoms with E-state index in [9.17, 15) is 10.1 Å². The zero-order chi connectivity index (χ0) is 19.0. The maximum Gasteiger partial charge on any atom is 0.260 e. The van der Waals surface area contributed by atoms with Crippen molar-refractivity contribution in [2.45, 2.75) is 24.6 Å². The van der Waals surface area contributed by atoms with Crippen LogP contribution in [0.5, 0.6) is 0 Å². The number of nitrogens with zero attached hydrogens (tertiary/aromatic N) is 3. The van der Waals surface area contributed by atoms with Crippen LogP contribution in [0.4, 0.5) is 0 Å². The van der Waals surface area contributed by atoms with Gasteiger partial charge in [-0.05, 0) is 37.6 Å². The summed E-state index contributed by atoms with van der Waals surface area (Å²) < 4.78 is 5.41. The largest absolute Gasteiger partial charge is 0.464 e. The Morgan fingerprint density at radius 1 is 1.37 bits per heavy atom. The molecule has 4 aromatic heterocycles. The van der Waals surface area contributed by atoms with Gasteiger partial charge in [-0.3, -0.25) is 4.79 Å². The third-order valence-electron chi connectivity index (χ3n) is 4.05. The molecule has 0 amide bonds. The smallest absolute Gasteiger partial charge is 0.260 e. The number of hydrogen-bond donors (Lipinski definition) is 1. The number of furan rings is 1. The number of nitriles is 1. The van der Waals surface area contributed by atoms with Gasteiger partial charge in [-0.25, -0.2) is 9.97 Å². The first-order valence-corrected chi connectivity index (χ1v) is 9.98. The number of rotatable bonds is 4. The summed E-state index contributed by atoms with van der Waals surface area (Å²) in [6, 6.07) is 7.69. The molecule has 1 N–H and O–H groups in total. The molecule has 0 fully saturated rings. The molecule has 0 radical (unpaired) electrons. The molecule has 0 aliphatic rings. The monoisotopic (exact) mass is 394 g/mol. The molecule has 0 atom stereocenters. The fourth-order valence-corrected chi connectivity index (χ4v) is 4.77. The van der Waals surface area contributed by atoms with E-state index in [0.717, 1.165) is 16.8 Å².